The van der Waals surface area contributed by atoms with E-state index in [1.165, 1.54) is 12.0 Å². The lowest BCUT2D eigenvalue weighted by Crippen LogP contribution is -2.31. The van der Waals surface area contributed by atoms with Crippen LogP contribution in [0.5, 0.6) is 5.75 Å². The number of benzene rings is 3. The number of amides is 1. The number of ether oxygens (including phenoxy) is 1. The quantitative estimate of drug-likeness (QED) is 0.335. The molecule has 0 aliphatic carbocycles. The van der Waals surface area contributed by atoms with Gasteiger partial charge in [0.1, 0.15) is 0 Å². The van der Waals surface area contributed by atoms with Gasteiger partial charge in [-0.15, -0.1) is 0 Å². The van der Waals surface area contributed by atoms with Crippen LogP contribution in [0.2, 0.25) is 0 Å². The van der Waals surface area contributed by atoms with E-state index in [2.05, 4.69) is 0 Å². The van der Waals surface area contributed by atoms with Gasteiger partial charge in [-0.3, -0.25) is 14.5 Å². The molecule has 3 aromatic carbocycles. The first-order chi connectivity index (χ1) is 18.2. The summed E-state index contributed by atoms with van der Waals surface area (Å²) in [5.41, 5.74) is 3.54. The highest BCUT2D eigenvalue weighted by Crippen LogP contribution is 2.43. The van der Waals surface area contributed by atoms with Crippen LogP contribution in [-0.4, -0.2) is 52.1 Å². The predicted octanol–water partition coefficient (Wildman–Crippen LogP) is 5.36. The number of methoxy groups -OCH3 is 1. The second-order valence-electron chi connectivity index (χ2n) is 9.56. The van der Waals surface area contributed by atoms with Gasteiger partial charge in [-0.05, 0) is 54.1 Å². The number of ketones is 1. The summed E-state index contributed by atoms with van der Waals surface area (Å²) in [5.74, 6) is -1.32. The molecule has 0 saturated carbocycles. The van der Waals surface area contributed by atoms with Gasteiger partial charge in [-0.1, -0.05) is 24.3 Å². The molecule has 0 spiro atoms. The third-order valence-electron chi connectivity index (χ3n) is 6.77. The first-order valence-corrected chi connectivity index (χ1v) is 12.1. The number of aliphatic hydroxyl groups is 1. The number of fused-ring (bicyclic) bond motifs is 1. The zero-order chi connectivity index (χ0) is 27.1. The zero-order valence-electron chi connectivity index (χ0n) is 21.9. The van der Waals surface area contributed by atoms with Crippen molar-refractivity contribution in [1.82, 2.24) is 0 Å². The predicted molar refractivity (Wildman–Crippen MR) is 149 cm³/mol. The van der Waals surface area contributed by atoms with Gasteiger partial charge in [0.2, 0.25) is 5.78 Å². The molecule has 194 valence electrons. The lowest BCUT2D eigenvalue weighted by atomic mass is 9.94. The van der Waals surface area contributed by atoms with Crippen molar-refractivity contribution in [2.24, 2.45) is 0 Å². The number of carbonyl (C=O) groups excluding carboxylic acids is 2. The van der Waals surface area contributed by atoms with Crippen LogP contribution in [0.3, 0.4) is 0 Å². The van der Waals surface area contributed by atoms with E-state index in [9.17, 15) is 14.7 Å². The van der Waals surface area contributed by atoms with Crippen LogP contribution in [0.15, 0.2) is 88.5 Å². The third-order valence-corrected chi connectivity index (χ3v) is 6.77. The van der Waals surface area contributed by atoms with E-state index in [1.54, 1.807) is 30.3 Å². The van der Waals surface area contributed by atoms with Crippen molar-refractivity contribution in [3.63, 3.8) is 0 Å². The van der Waals surface area contributed by atoms with Gasteiger partial charge in [0, 0.05) is 50.6 Å². The average molecular weight is 512 g/mol. The number of hydrogen-bond acceptors (Lipinski definition) is 7. The van der Waals surface area contributed by atoms with E-state index in [1.807, 2.05) is 80.5 Å². The Bertz CT molecular complexity index is 1550. The van der Waals surface area contributed by atoms with E-state index in [-0.39, 0.29) is 11.3 Å². The van der Waals surface area contributed by atoms with Gasteiger partial charge in [-0.25, -0.2) is 0 Å². The topological polar surface area (TPSA) is 86.5 Å². The fourth-order valence-corrected chi connectivity index (χ4v) is 4.73. The molecule has 1 aliphatic heterocycles. The minimum absolute atomic E-state index is 0.0126. The number of furan rings is 1. The van der Waals surface area contributed by atoms with Crippen LogP contribution < -0.4 is 19.4 Å². The van der Waals surface area contributed by atoms with Crippen LogP contribution in [0, 0.1) is 0 Å². The molecule has 1 N–H and O–H groups in total. The van der Waals surface area contributed by atoms with Crippen molar-refractivity contribution in [1.29, 1.82) is 0 Å². The molecule has 1 atom stereocenters. The molecule has 0 radical (unpaired) electrons. The molecule has 8 heteroatoms. The number of hydrogen-bond donors (Lipinski definition) is 1. The maximum absolute atomic E-state index is 13.9. The number of para-hydroxylation sites is 1. The van der Waals surface area contributed by atoms with Crippen molar-refractivity contribution >= 4 is 39.7 Å². The fraction of sp³-hybridized carbons (Fsp3) is 0.200. The summed E-state index contributed by atoms with van der Waals surface area (Å²) in [6.07, 6.45) is 0. The number of anilines is 3. The van der Waals surface area contributed by atoms with Gasteiger partial charge in [0.25, 0.3) is 5.91 Å². The smallest absolute Gasteiger partial charge is 0.294 e. The van der Waals surface area contributed by atoms with Crippen molar-refractivity contribution < 1.29 is 23.8 Å². The molecule has 38 heavy (non-hydrogen) atoms. The van der Waals surface area contributed by atoms with E-state index >= 15 is 0 Å². The van der Waals surface area contributed by atoms with Crippen molar-refractivity contribution in [3.8, 4) is 5.75 Å². The Kier molecular flexibility index (Phi) is 6.32. The Morgan fingerprint density at radius 1 is 0.921 bits per heavy atom. The maximum atomic E-state index is 13.9. The Hall–Kier alpha value is -4.72. The summed E-state index contributed by atoms with van der Waals surface area (Å²) in [6.45, 7) is 0. The van der Waals surface area contributed by atoms with Crippen molar-refractivity contribution in [2.45, 2.75) is 6.04 Å². The largest absolute Gasteiger partial charge is 0.503 e. The van der Waals surface area contributed by atoms with Gasteiger partial charge >= 0.3 is 0 Å². The van der Waals surface area contributed by atoms with E-state index in [4.69, 9.17) is 9.15 Å². The number of rotatable bonds is 7. The molecule has 1 aliphatic rings. The SMILES string of the molecule is COc1cccc2cc(C(=O)C3=C(O)C(=O)N(c4ccc(N(C)C)cc4)C3c3ccc(N(C)C)cc3)oc12. The Morgan fingerprint density at radius 2 is 1.53 bits per heavy atom. The molecule has 5 rings (SSSR count). The maximum Gasteiger partial charge on any atom is 0.294 e. The second kappa shape index (κ2) is 9.63. The lowest BCUT2D eigenvalue weighted by Gasteiger charge is -2.27. The molecule has 0 bridgehead atoms. The summed E-state index contributed by atoms with van der Waals surface area (Å²) in [5, 5.41) is 11.8. The van der Waals surface area contributed by atoms with Crippen molar-refractivity contribution in [2.75, 3.05) is 50.0 Å². The van der Waals surface area contributed by atoms with Crippen LogP contribution in [-0.2, 0) is 4.79 Å². The van der Waals surface area contributed by atoms with Gasteiger partial charge in [0.05, 0.1) is 18.7 Å². The first-order valence-electron chi connectivity index (χ1n) is 12.1. The molecule has 2 heterocycles. The summed E-state index contributed by atoms with van der Waals surface area (Å²) in [4.78, 5) is 32.8. The highest BCUT2D eigenvalue weighted by molar-refractivity contribution is 6.20. The molecular weight excluding hydrogens is 482 g/mol. The minimum Gasteiger partial charge on any atom is -0.503 e. The lowest BCUT2D eigenvalue weighted by molar-refractivity contribution is -0.117. The number of Topliss-reactive ketones (excluding diaryl/α,β-unsaturated/α-hetero) is 1. The summed E-state index contributed by atoms with van der Waals surface area (Å²) in [6, 6.07) is 21.0. The Balaban J connectivity index is 1.63. The fourth-order valence-electron chi connectivity index (χ4n) is 4.73. The van der Waals surface area contributed by atoms with Gasteiger partial charge < -0.3 is 24.1 Å². The zero-order valence-corrected chi connectivity index (χ0v) is 21.9. The Labute approximate surface area is 220 Å². The number of nitrogens with zero attached hydrogens (tertiary/aromatic N) is 3. The third kappa shape index (κ3) is 4.14. The van der Waals surface area contributed by atoms with Crippen LogP contribution in [0.1, 0.15) is 22.2 Å². The molecule has 1 unspecified atom stereocenters. The molecule has 0 fully saturated rings. The van der Waals surface area contributed by atoms with Gasteiger partial charge in [-0.2, -0.15) is 0 Å². The molecular formula is C30H29N3O5. The second-order valence-corrected chi connectivity index (χ2v) is 9.56. The average Bonchev–Trinajstić information content (AvgIpc) is 3.47. The van der Waals surface area contributed by atoms with E-state index < -0.39 is 23.5 Å². The van der Waals surface area contributed by atoms with Gasteiger partial charge in [0.15, 0.2) is 22.9 Å². The van der Waals surface area contributed by atoms with Crippen LogP contribution in [0.25, 0.3) is 11.0 Å². The van der Waals surface area contributed by atoms with Crippen LogP contribution >= 0.6 is 0 Å². The first kappa shape index (κ1) is 25.0. The van der Waals surface area contributed by atoms with E-state index in [0.717, 1.165) is 11.4 Å². The monoisotopic (exact) mass is 511 g/mol. The minimum atomic E-state index is -0.855. The number of carbonyl (C=O) groups is 2. The number of aliphatic hydroxyl groups excluding tert-OH is 1. The highest BCUT2D eigenvalue weighted by Gasteiger charge is 2.45. The van der Waals surface area contributed by atoms with Crippen LogP contribution in [0.4, 0.5) is 17.1 Å². The molecule has 1 aromatic heterocycles. The normalized spacial score (nSPS) is 15.3. The summed E-state index contributed by atoms with van der Waals surface area (Å²) >= 11 is 0. The molecule has 0 saturated heterocycles. The standard InChI is InChI=1S/C30H29N3O5/c1-31(2)20-11-9-18(10-12-20)26-25(27(34)24-17-19-7-6-8-23(37-5)29(19)38-24)28(35)30(36)33(26)22-15-13-21(14-16-22)32(3)4/h6-17,26,35H,1-5H3. The van der Waals surface area contributed by atoms with E-state index in [0.29, 0.717) is 28.0 Å². The molecule has 1 amide bonds. The summed E-state index contributed by atoms with van der Waals surface area (Å²) < 4.78 is 11.3. The molecule has 4 aromatic rings. The Morgan fingerprint density at radius 3 is 2.11 bits per heavy atom. The highest BCUT2D eigenvalue weighted by atomic mass is 16.5. The molecule has 8 nitrogen and oxygen atoms in total. The van der Waals surface area contributed by atoms with Crippen molar-refractivity contribution in [3.05, 3.63) is 95.5 Å². The summed E-state index contributed by atoms with van der Waals surface area (Å²) in [7, 11) is 9.25.